The van der Waals surface area contributed by atoms with Crippen molar-refractivity contribution in [1.82, 2.24) is 4.98 Å². The largest absolute Gasteiger partial charge is 0.497 e. The Bertz CT molecular complexity index is 1320. The Morgan fingerprint density at radius 3 is 2.69 bits per heavy atom. The van der Waals surface area contributed by atoms with E-state index in [4.69, 9.17) is 16.3 Å². The van der Waals surface area contributed by atoms with Gasteiger partial charge >= 0.3 is 0 Å². The molecule has 160 valence electrons. The van der Waals surface area contributed by atoms with Crippen molar-refractivity contribution >= 4 is 72.4 Å². The summed E-state index contributed by atoms with van der Waals surface area (Å²) in [6, 6.07) is 20.5. The van der Waals surface area contributed by atoms with E-state index in [0.717, 1.165) is 31.6 Å². The molecule has 0 fully saturated rings. The Kier molecular flexibility index (Phi) is 6.99. The first-order chi connectivity index (χ1) is 15.5. The van der Waals surface area contributed by atoms with Crippen LogP contribution in [0.5, 0.6) is 5.75 Å². The summed E-state index contributed by atoms with van der Waals surface area (Å²) in [5, 5.41) is 6.74. The van der Waals surface area contributed by atoms with Gasteiger partial charge in [0.15, 0.2) is 0 Å². The number of anilines is 1. The van der Waals surface area contributed by atoms with Crippen molar-refractivity contribution < 1.29 is 9.53 Å². The van der Waals surface area contributed by atoms with Gasteiger partial charge in [0, 0.05) is 15.6 Å². The second-order valence-electron chi connectivity index (χ2n) is 6.63. The summed E-state index contributed by atoms with van der Waals surface area (Å²) < 4.78 is 7.15. The number of carbonyl (C=O) groups excluding carboxylic acids is 1. The van der Waals surface area contributed by atoms with E-state index in [0.29, 0.717) is 10.2 Å². The van der Waals surface area contributed by atoms with Gasteiger partial charge in [0.25, 0.3) is 5.91 Å². The number of methoxy groups -OCH3 is 1. The minimum absolute atomic E-state index is 0.343. The monoisotopic (exact) mass is 525 g/mol. The first-order valence-corrected chi connectivity index (χ1v) is 11.5. The average Bonchev–Trinajstić information content (AvgIpc) is 3.22. The maximum atomic E-state index is 13.1. The van der Waals surface area contributed by atoms with E-state index >= 15 is 0 Å². The van der Waals surface area contributed by atoms with Crippen LogP contribution in [0.4, 0.5) is 5.13 Å². The molecule has 3 aromatic carbocycles. The molecule has 0 spiro atoms. The van der Waals surface area contributed by atoms with Crippen LogP contribution >= 0.6 is 38.9 Å². The number of carbonyl (C=O) groups is 1. The fourth-order valence-electron chi connectivity index (χ4n) is 2.83. The van der Waals surface area contributed by atoms with E-state index in [2.05, 4.69) is 26.0 Å². The third-order valence-electron chi connectivity index (χ3n) is 4.48. The SMILES string of the molecule is COc1ccc2nc(N(/N=C/c3ccc(Br)cc3)C(=O)/C=C/c3ccccc3Cl)sc2c1. The molecule has 0 unspecified atom stereocenters. The Morgan fingerprint density at radius 1 is 1.16 bits per heavy atom. The molecule has 32 heavy (non-hydrogen) atoms. The predicted molar refractivity (Wildman–Crippen MR) is 136 cm³/mol. The molecule has 0 bridgehead atoms. The zero-order valence-electron chi connectivity index (χ0n) is 16.9. The van der Waals surface area contributed by atoms with Crippen molar-refractivity contribution in [1.29, 1.82) is 0 Å². The molecule has 1 amide bonds. The number of nitrogens with zero attached hydrogens (tertiary/aromatic N) is 3. The quantitative estimate of drug-likeness (QED) is 0.158. The summed E-state index contributed by atoms with van der Waals surface area (Å²) >= 11 is 11.0. The normalized spacial score (nSPS) is 11.5. The van der Waals surface area contributed by atoms with Gasteiger partial charge in [-0.2, -0.15) is 10.1 Å². The van der Waals surface area contributed by atoms with E-state index in [1.807, 2.05) is 60.7 Å². The maximum Gasteiger partial charge on any atom is 0.273 e. The molecule has 0 atom stereocenters. The molecule has 8 heteroatoms. The lowest BCUT2D eigenvalue weighted by Gasteiger charge is -2.11. The van der Waals surface area contributed by atoms with Crippen LogP contribution in [0.3, 0.4) is 0 Å². The van der Waals surface area contributed by atoms with Crippen molar-refractivity contribution in [3.63, 3.8) is 0 Å². The number of aromatic nitrogens is 1. The third kappa shape index (κ3) is 5.24. The number of halogens is 2. The summed E-state index contributed by atoms with van der Waals surface area (Å²) in [5.74, 6) is 0.381. The molecule has 0 aliphatic rings. The summed E-state index contributed by atoms with van der Waals surface area (Å²) in [5.41, 5.74) is 2.36. The summed E-state index contributed by atoms with van der Waals surface area (Å²) in [4.78, 5) is 17.7. The molecular formula is C24H17BrClN3O2S. The third-order valence-corrected chi connectivity index (χ3v) is 6.34. The second-order valence-corrected chi connectivity index (χ2v) is 8.96. The van der Waals surface area contributed by atoms with Gasteiger partial charge in [-0.25, -0.2) is 4.98 Å². The van der Waals surface area contributed by atoms with Gasteiger partial charge in [0.2, 0.25) is 5.13 Å². The van der Waals surface area contributed by atoms with Crippen molar-refractivity contribution in [2.75, 3.05) is 12.1 Å². The van der Waals surface area contributed by atoms with Gasteiger partial charge in [-0.3, -0.25) is 4.79 Å². The van der Waals surface area contributed by atoms with Crippen molar-refractivity contribution in [2.24, 2.45) is 5.10 Å². The molecule has 0 saturated heterocycles. The first-order valence-electron chi connectivity index (χ1n) is 9.54. The zero-order chi connectivity index (χ0) is 22.5. The van der Waals surface area contributed by atoms with Crippen LogP contribution in [0.25, 0.3) is 16.3 Å². The van der Waals surface area contributed by atoms with Crippen molar-refractivity contribution in [2.45, 2.75) is 0 Å². The van der Waals surface area contributed by atoms with Gasteiger partial charge in [-0.1, -0.05) is 69.2 Å². The van der Waals surface area contributed by atoms with E-state index in [9.17, 15) is 4.79 Å². The van der Waals surface area contributed by atoms with Gasteiger partial charge < -0.3 is 4.74 Å². The Morgan fingerprint density at radius 2 is 1.94 bits per heavy atom. The summed E-state index contributed by atoms with van der Waals surface area (Å²) in [6.07, 6.45) is 4.73. The second kappa shape index (κ2) is 10.1. The van der Waals surface area contributed by atoms with Crippen molar-refractivity contribution in [3.8, 4) is 5.75 Å². The molecular weight excluding hydrogens is 510 g/mol. The van der Waals surface area contributed by atoms with E-state index in [1.165, 1.54) is 22.4 Å². The number of thiazole rings is 1. The fourth-order valence-corrected chi connectivity index (χ4v) is 4.25. The molecule has 0 saturated carbocycles. The highest BCUT2D eigenvalue weighted by Crippen LogP contribution is 2.32. The number of fused-ring (bicyclic) bond motifs is 1. The summed E-state index contributed by atoms with van der Waals surface area (Å²) in [7, 11) is 1.61. The van der Waals surface area contributed by atoms with Crippen LogP contribution in [0, 0.1) is 0 Å². The Labute approximate surface area is 202 Å². The molecule has 0 N–H and O–H groups in total. The average molecular weight is 527 g/mol. The number of amides is 1. The first kappa shape index (κ1) is 22.2. The van der Waals surface area contributed by atoms with Crippen LogP contribution in [-0.4, -0.2) is 24.2 Å². The highest BCUT2D eigenvalue weighted by atomic mass is 79.9. The molecule has 1 aromatic heterocycles. The number of benzene rings is 3. The van der Waals surface area contributed by atoms with Gasteiger partial charge in [0.1, 0.15) is 5.75 Å². The van der Waals surface area contributed by atoms with E-state index < -0.39 is 0 Å². The van der Waals surface area contributed by atoms with Crippen LogP contribution in [-0.2, 0) is 4.79 Å². The zero-order valence-corrected chi connectivity index (χ0v) is 20.1. The predicted octanol–water partition coefficient (Wildman–Crippen LogP) is 6.80. The molecule has 4 aromatic rings. The standard InChI is InChI=1S/C24H17BrClN3O2S/c1-31-19-11-12-21-22(14-19)32-24(28-21)29(27-15-16-6-9-18(25)10-7-16)23(30)13-8-17-4-2-3-5-20(17)26/h2-15H,1H3/b13-8+,27-15+. The highest BCUT2D eigenvalue weighted by molar-refractivity contribution is 9.10. The topological polar surface area (TPSA) is 54.8 Å². The number of hydrogen-bond donors (Lipinski definition) is 0. The van der Waals surface area contributed by atoms with Crippen LogP contribution in [0.1, 0.15) is 11.1 Å². The number of hydrogen-bond acceptors (Lipinski definition) is 5. The van der Waals surface area contributed by atoms with Crippen LogP contribution in [0.2, 0.25) is 5.02 Å². The Hall–Kier alpha value is -3.00. The number of ether oxygens (including phenoxy) is 1. The Balaban J connectivity index is 1.69. The number of rotatable bonds is 6. The van der Waals surface area contributed by atoms with E-state index in [1.54, 1.807) is 25.5 Å². The molecule has 1 heterocycles. The maximum absolute atomic E-state index is 13.1. The molecule has 5 nitrogen and oxygen atoms in total. The summed E-state index contributed by atoms with van der Waals surface area (Å²) in [6.45, 7) is 0. The van der Waals surface area contributed by atoms with Gasteiger partial charge in [-0.05, 0) is 53.6 Å². The van der Waals surface area contributed by atoms with Gasteiger partial charge in [-0.15, -0.1) is 0 Å². The van der Waals surface area contributed by atoms with Gasteiger partial charge in [0.05, 0.1) is 23.5 Å². The lowest BCUT2D eigenvalue weighted by molar-refractivity contribution is -0.114. The lowest BCUT2D eigenvalue weighted by atomic mass is 10.2. The lowest BCUT2D eigenvalue weighted by Crippen LogP contribution is -2.23. The molecule has 0 aliphatic carbocycles. The van der Waals surface area contributed by atoms with Crippen LogP contribution < -0.4 is 9.75 Å². The fraction of sp³-hybridized carbons (Fsp3) is 0.0417. The smallest absolute Gasteiger partial charge is 0.273 e. The van der Waals surface area contributed by atoms with Crippen LogP contribution in [0.15, 0.2) is 82.4 Å². The van der Waals surface area contributed by atoms with E-state index in [-0.39, 0.29) is 5.91 Å². The molecule has 4 rings (SSSR count). The minimum Gasteiger partial charge on any atom is -0.497 e. The molecule has 0 radical (unpaired) electrons. The van der Waals surface area contributed by atoms with Crippen molar-refractivity contribution in [3.05, 3.63) is 93.4 Å². The molecule has 0 aliphatic heterocycles. The minimum atomic E-state index is -0.343. The highest BCUT2D eigenvalue weighted by Gasteiger charge is 2.17. The number of hydrazone groups is 1.